The van der Waals surface area contributed by atoms with E-state index >= 15 is 0 Å². The maximum Gasteiger partial charge on any atom is 0.140 e. The number of aromatic nitrogens is 1. The van der Waals surface area contributed by atoms with Gasteiger partial charge < -0.3 is 10.5 Å². The van der Waals surface area contributed by atoms with Gasteiger partial charge in [0.2, 0.25) is 0 Å². The van der Waals surface area contributed by atoms with E-state index in [-0.39, 0.29) is 6.04 Å². The molecule has 0 radical (unpaired) electrons. The van der Waals surface area contributed by atoms with Gasteiger partial charge in [-0.05, 0) is 43.9 Å². The lowest BCUT2D eigenvalue weighted by Gasteiger charge is -2.08. The summed E-state index contributed by atoms with van der Waals surface area (Å²) in [5.41, 5.74) is 9.50. The van der Waals surface area contributed by atoms with E-state index in [4.69, 9.17) is 15.5 Å². The molecule has 0 saturated carbocycles. The number of benzene rings is 1. The average molecular weight is 304 g/mol. The normalized spacial score (nSPS) is 12.7. The van der Waals surface area contributed by atoms with Gasteiger partial charge in [-0.1, -0.05) is 26.0 Å². The third kappa shape index (κ3) is 3.83. The van der Waals surface area contributed by atoms with Crippen molar-refractivity contribution < 1.29 is 4.74 Å². The smallest absolute Gasteiger partial charge is 0.140 e. The number of rotatable bonds is 5. The predicted octanol–water partition coefficient (Wildman–Crippen LogP) is 4.48. The number of thiazole rings is 1. The van der Waals surface area contributed by atoms with Gasteiger partial charge in [-0.15, -0.1) is 11.3 Å². The second kappa shape index (κ2) is 6.58. The van der Waals surface area contributed by atoms with Crippen LogP contribution < -0.4 is 10.5 Å². The lowest BCUT2D eigenvalue weighted by Crippen LogP contribution is -2.06. The van der Waals surface area contributed by atoms with Gasteiger partial charge in [0.05, 0.1) is 5.69 Å². The van der Waals surface area contributed by atoms with Crippen LogP contribution in [0.15, 0.2) is 18.2 Å². The van der Waals surface area contributed by atoms with E-state index in [0.29, 0.717) is 12.5 Å². The van der Waals surface area contributed by atoms with Crippen molar-refractivity contribution in [2.75, 3.05) is 0 Å². The summed E-state index contributed by atoms with van der Waals surface area (Å²) < 4.78 is 5.94. The van der Waals surface area contributed by atoms with Gasteiger partial charge in [0, 0.05) is 10.9 Å². The maximum absolute atomic E-state index is 6.05. The first-order valence-electron chi connectivity index (χ1n) is 7.33. The summed E-state index contributed by atoms with van der Waals surface area (Å²) in [6.07, 6.45) is 0. The zero-order valence-corrected chi connectivity index (χ0v) is 14.3. The minimum Gasteiger partial charge on any atom is -0.486 e. The van der Waals surface area contributed by atoms with E-state index in [2.05, 4.69) is 45.9 Å². The Hall–Kier alpha value is -1.39. The molecular formula is C17H24N2OS. The zero-order valence-electron chi connectivity index (χ0n) is 13.4. The van der Waals surface area contributed by atoms with Crippen molar-refractivity contribution in [2.45, 2.75) is 53.2 Å². The SMILES string of the molecule is Cc1ccc(C)c(OCc2nc(C(C)C)c(C(C)N)s2)c1. The summed E-state index contributed by atoms with van der Waals surface area (Å²) in [5, 5.41) is 0.993. The van der Waals surface area contributed by atoms with Crippen molar-refractivity contribution in [3.63, 3.8) is 0 Å². The molecule has 3 nitrogen and oxygen atoms in total. The summed E-state index contributed by atoms with van der Waals surface area (Å²) in [7, 11) is 0. The fourth-order valence-corrected chi connectivity index (χ4v) is 3.28. The molecule has 1 heterocycles. The van der Waals surface area contributed by atoms with Crippen LogP contribution in [0.1, 0.15) is 59.4 Å². The Labute approximate surface area is 131 Å². The summed E-state index contributed by atoms with van der Waals surface area (Å²) in [6, 6.07) is 6.27. The quantitative estimate of drug-likeness (QED) is 0.886. The third-order valence-electron chi connectivity index (χ3n) is 3.38. The molecule has 1 aromatic carbocycles. The van der Waals surface area contributed by atoms with Crippen molar-refractivity contribution in [1.82, 2.24) is 4.98 Å². The van der Waals surface area contributed by atoms with Gasteiger partial charge in [-0.25, -0.2) is 4.98 Å². The predicted molar refractivity (Wildman–Crippen MR) is 89.1 cm³/mol. The van der Waals surface area contributed by atoms with Crippen LogP contribution >= 0.6 is 11.3 Å². The molecule has 1 atom stereocenters. The van der Waals surface area contributed by atoms with Crippen LogP contribution in [0.25, 0.3) is 0 Å². The topological polar surface area (TPSA) is 48.1 Å². The lowest BCUT2D eigenvalue weighted by molar-refractivity contribution is 0.303. The van der Waals surface area contributed by atoms with Gasteiger partial charge in [-0.3, -0.25) is 0 Å². The molecule has 4 heteroatoms. The molecule has 0 amide bonds. The van der Waals surface area contributed by atoms with E-state index in [9.17, 15) is 0 Å². The largest absolute Gasteiger partial charge is 0.486 e. The van der Waals surface area contributed by atoms with Gasteiger partial charge in [0.1, 0.15) is 17.4 Å². The lowest BCUT2D eigenvalue weighted by atomic mass is 10.1. The molecule has 2 aromatic rings. The third-order valence-corrected chi connectivity index (χ3v) is 4.63. The molecule has 0 spiro atoms. The van der Waals surface area contributed by atoms with Crippen LogP contribution in [-0.2, 0) is 6.61 Å². The van der Waals surface area contributed by atoms with Crippen LogP contribution in [-0.4, -0.2) is 4.98 Å². The summed E-state index contributed by atoms with van der Waals surface area (Å²) in [4.78, 5) is 5.88. The highest BCUT2D eigenvalue weighted by Gasteiger charge is 2.17. The number of hydrogen-bond donors (Lipinski definition) is 1. The Kier molecular flexibility index (Phi) is 5.01. The molecule has 0 fully saturated rings. The van der Waals surface area contributed by atoms with E-state index in [1.807, 2.05) is 6.92 Å². The number of ether oxygens (including phenoxy) is 1. The Bertz CT molecular complexity index is 592. The number of nitrogens with zero attached hydrogens (tertiary/aromatic N) is 1. The van der Waals surface area contributed by atoms with Crippen molar-refractivity contribution in [2.24, 2.45) is 5.73 Å². The molecule has 2 rings (SSSR count). The summed E-state index contributed by atoms with van der Waals surface area (Å²) in [6.45, 7) is 10.9. The molecular weight excluding hydrogens is 280 g/mol. The molecule has 0 saturated heterocycles. The zero-order chi connectivity index (χ0) is 15.6. The Morgan fingerprint density at radius 3 is 2.52 bits per heavy atom. The molecule has 1 aromatic heterocycles. The van der Waals surface area contributed by atoms with Crippen LogP contribution in [0.5, 0.6) is 5.75 Å². The van der Waals surface area contributed by atoms with Crippen molar-refractivity contribution in [3.8, 4) is 5.75 Å². The Morgan fingerprint density at radius 1 is 1.24 bits per heavy atom. The maximum atomic E-state index is 6.05. The number of aryl methyl sites for hydroxylation is 2. The van der Waals surface area contributed by atoms with Gasteiger partial charge >= 0.3 is 0 Å². The van der Waals surface area contributed by atoms with Gasteiger partial charge in [-0.2, -0.15) is 0 Å². The minimum atomic E-state index is 0.0226. The van der Waals surface area contributed by atoms with Crippen molar-refractivity contribution in [1.29, 1.82) is 0 Å². The van der Waals surface area contributed by atoms with E-state index in [0.717, 1.165) is 22.0 Å². The molecule has 21 heavy (non-hydrogen) atoms. The van der Waals surface area contributed by atoms with Crippen molar-refractivity contribution >= 4 is 11.3 Å². The first-order chi connectivity index (χ1) is 9.88. The van der Waals surface area contributed by atoms with Gasteiger partial charge in [0.15, 0.2) is 0 Å². The van der Waals surface area contributed by atoms with Crippen molar-refractivity contribution in [3.05, 3.63) is 44.9 Å². The van der Waals surface area contributed by atoms with E-state index in [1.165, 1.54) is 10.4 Å². The second-order valence-electron chi connectivity index (χ2n) is 5.86. The highest BCUT2D eigenvalue weighted by molar-refractivity contribution is 7.11. The molecule has 0 aliphatic rings. The molecule has 0 aliphatic heterocycles. The van der Waals surface area contributed by atoms with E-state index in [1.54, 1.807) is 11.3 Å². The van der Waals surface area contributed by atoms with Crippen LogP contribution in [0.2, 0.25) is 0 Å². The number of nitrogens with two attached hydrogens (primary N) is 1. The summed E-state index contributed by atoms with van der Waals surface area (Å²) >= 11 is 1.66. The molecule has 114 valence electrons. The fourth-order valence-electron chi connectivity index (χ4n) is 2.20. The second-order valence-corrected chi connectivity index (χ2v) is 6.97. The molecule has 0 bridgehead atoms. The fraction of sp³-hybridized carbons (Fsp3) is 0.471. The van der Waals surface area contributed by atoms with Crippen LogP contribution in [0.4, 0.5) is 0 Å². The minimum absolute atomic E-state index is 0.0226. The van der Waals surface area contributed by atoms with E-state index < -0.39 is 0 Å². The summed E-state index contributed by atoms with van der Waals surface area (Å²) in [5.74, 6) is 1.32. The van der Waals surface area contributed by atoms with Crippen LogP contribution in [0.3, 0.4) is 0 Å². The monoisotopic (exact) mass is 304 g/mol. The van der Waals surface area contributed by atoms with Gasteiger partial charge in [0.25, 0.3) is 0 Å². The first-order valence-corrected chi connectivity index (χ1v) is 8.15. The first kappa shape index (κ1) is 16.0. The molecule has 1 unspecified atom stereocenters. The highest BCUT2D eigenvalue weighted by atomic mass is 32.1. The van der Waals surface area contributed by atoms with Crippen LogP contribution in [0, 0.1) is 13.8 Å². The molecule has 2 N–H and O–H groups in total. The highest BCUT2D eigenvalue weighted by Crippen LogP contribution is 2.30. The molecule has 0 aliphatic carbocycles. The Morgan fingerprint density at radius 2 is 1.95 bits per heavy atom. The average Bonchev–Trinajstić information content (AvgIpc) is 2.84. The standard InChI is InChI=1S/C17H24N2OS/c1-10(2)16-17(13(5)18)21-15(19-16)9-20-14-8-11(3)6-7-12(14)4/h6-8,10,13H,9,18H2,1-5H3. The number of hydrogen-bond acceptors (Lipinski definition) is 4. The Balaban J connectivity index is 2.17.